The van der Waals surface area contributed by atoms with Gasteiger partial charge in [0.15, 0.2) is 5.49 Å². The molecule has 0 aliphatic carbocycles. The number of nitrogens with one attached hydrogen (secondary N) is 1. The van der Waals surface area contributed by atoms with E-state index in [1.807, 2.05) is 6.07 Å². The number of hydrogen-bond donors (Lipinski definition) is 1. The molecule has 5 rings (SSSR count). The highest BCUT2D eigenvalue weighted by Crippen LogP contribution is 2.36. The van der Waals surface area contributed by atoms with Crippen LogP contribution in [0.2, 0.25) is 0 Å². The summed E-state index contributed by atoms with van der Waals surface area (Å²) in [5, 5.41) is 3.40. The maximum Gasteiger partial charge on any atom is 0.416 e. The highest BCUT2D eigenvalue weighted by molar-refractivity contribution is 5.81. The quantitative estimate of drug-likeness (QED) is 0.504. The standard InChI is InChI=1S/C23H20F3N7/c1-13(15-4-3-5-17(8-15)23(24,25)26)30-20-19-9-18(16-10-27-12-28-11-16)21-29-6-7-33(21)22(19)32-14(2)31-20/h3-5,8-13,29H,6-7H2,1-2H3/t13-/m1/s1. The molecule has 1 atom stereocenters. The summed E-state index contributed by atoms with van der Waals surface area (Å²) in [4.78, 5) is 22.1. The van der Waals surface area contributed by atoms with E-state index in [2.05, 4.69) is 29.8 Å². The van der Waals surface area contributed by atoms with Crippen LogP contribution < -0.4 is 10.8 Å². The number of rotatable bonds is 3. The van der Waals surface area contributed by atoms with Gasteiger partial charge in [0.25, 0.3) is 0 Å². The Balaban J connectivity index is 1.70. The van der Waals surface area contributed by atoms with Crippen LogP contribution in [0.3, 0.4) is 0 Å². The molecule has 168 valence electrons. The fourth-order valence-corrected chi connectivity index (χ4v) is 4.03. The molecule has 33 heavy (non-hydrogen) atoms. The molecule has 0 amide bonds. The van der Waals surface area contributed by atoms with Crippen LogP contribution in [0.5, 0.6) is 0 Å². The van der Waals surface area contributed by atoms with Crippen LogP contribution in [0.1, 0.15) is 29.9 Å². The Hall–Kier alpha value is -3.82. The first-order valence-corrected chi connectivity index (χ1v) is 10.4. The zero-order chi connectivity index (χ0) is 23.2. The molecule has 0 radical (unpaired) electrons. The second kappa shape index (κ2) is 7.95. The van der Waals surface area contributed by atoms with Gasteiger partial charge in [-0.2, -0.15) is 13.2 Å². The fraction of sp³-hybridized carbons (Fsp3) is 0.261. The molecular formula is C23H20F3N7. The SMILES string of the molecule is Cc1nc2n3c(c(-c4cncnc4)cc-2c(=N[C@H](C)c2cccc(C(F)(F)F)c2)n1)NCC3. The molecule has 0 fully saturated rings. The molecule has 0 saturated carbocycles. The van der Waals surface area contributed by atoms with Crippen molar-refractivity contribution in [1.29, 1.82) is 0 Å². The van der Waals surface area contributed by atoms with Crippen molar-refractivity contribution < 1.29 is 13.2 Å². The molecule has 1 aromatic carbocycles. The molecule has 4 heterocycles. The number of aromatic nitrogens is 5. The van der Waals surface area contributed by atoms with E-state index in [1.54, 1.807) is 32.3 Å². The van der Waals surface area contributed by atoms with Crippen LogP contribution in [-0.4, -0.2) is 31.0 Å². The van der Waals surface area contributed by atoms with Crippen molar-refractivity contribution in [2.45, 2.75) is 32.6 Å². The Morgan fingerprint density at radius 1 is 1.09 bits per heavy atom. The van der Waals surface area contributed by atoms with Gasteiger partial charge >= 0.3 is 6.18 Å². The largest absolute Gasteiger partial charge is 0.416 e. The summed E-state index contributed by atoms with van der Waals surface area (Å²) in [6.45, 7) is 5.00. The van der Waals surface area contributed by atoms with E-state index in [1.165, 1.54) is 12.4 Å². The van der Waals surface area contributed by atoms with Crippen molar-refractivity contribution in [2.75, 3.05) is 11.9 Å². The topological polar surface area (TPSA) is 80.9 Å². The maximum atomic E-state index is 13.2. The van der Waals surface area contributed by atoms with Crippen molar-refractivity contribution in [3.63, 3.8) is 0 Å². The van der Waals surface area contributed by atoms with Crippen molar-refractivity contribution in [3.8, 4) is 22.5 Å². The Bertz CT molecular complexity index is 1360. The molecular weight excluding hydrogens is 431 g/mol. The lowest BCUT2D eigenvalue weighted by Crippen LogP contribution is -2.21. The van der Waals surface area contributed by atoms with Crippen LogP contribution in [0, 0.1) is 6.92 Å². The number of hydrogen-bond acceptors (Lipinski definition) is 6. The first-order chi connectivity index (χ1) is 15.8. The minimum atomic E-state index is -4.41. The number of pyridine rings is 1. The lowest BCUT2D eigenvalue weighted by atomic mass is 10.0. The van der Waals surface area contributed by atoms with E-state index in [-0.39, 0.29) is 0 Å². The summed E-state index contributed by atoms with van der Waals surface area (Å²) in [6.07, 6.45) is 0.512. The number of fused-ring (bicyclic) bond motifs is 3. The van der Waals surface area contributed by atoms with E-state index in [9.17, 15) is 13.2 Å². The molecule has 0 spiro atoms. The van der Waals surface area contributed by atoms with Crippen LogP contribution in [-0.2, 0) is 12.7 Å². The van der Waals surface area contributed by atoms with Gasteiger partial charge in [-0.05, 0) is 37.6 Å². The smallest absolute Gasteiger partial charge is 0.369 e. The van der Waals surface area contributed by atoms with E-state index in [0.29, 0.717) is 29.0 Å². The molecule has 7 nitrogen and oxygen atoms in total. The molecule has 3 aliphatic rings. The first kappa shape index (κ1) is 21.0. The predicted molar refractivity (Wildman–Crippen MR) is 116 cm³/mol. The Morgan fingerprint density at radius 2 is 1.88 bits per heavy atom. The second-order valence-corrected chi connectivity index (χ2v) is 7.87. The van der Waals surface area contributed by atoms with Gasteiger partial charge < -0.3 is 9.88 Å². The minimum absolute atomic E-state index is 0.433. The monoisotopic (exact) mass is 451 g/mol. The van der Waals surface area contributed by atoms with Gasteiger partial charge in [0.2, 0.25) is 0 Å². The normalized spacial score (nSPS) is 14.9. The molecule has 10 heteroatoms. The van der Waals surface area contributed by atoms with Crippen LogP contribution in [0.25, 0.3) is 22.5 Å². The van der Waals surface area contributed by atoms with E-state index >= 15 is 0 Å². The van der Waals surface area contributed by atoms with Gasteiger partial charge in [-0.25, -0.2) is 19.9 Å². The molecule has 0 saturated heterocycles. The predicted octanol–water partition coefficient (Wildman–Crippen LogP) is 4.25. The molecule has 1 N–H and O–H groups in total. The Morgan fingerprint density at radius 3 is 2.64 bits per heavy atom. The van der Waals surface area contributed by atoms with Gasteiger partial charge in [-0.3, -0.25) is 4.99 Å². The summed E-state index contributed by atoms with van der Waals surface area (Å²) >= 11 is 0. The van der Waals surface area contributed by atoms with Crippen molar-refractivity contribution in [1.82, 2.24) is 24.5 Å². The zero-order valence-corrected chi connectivity index (χ0v) is 17.9. The van der Waals surface area contributed by atoms with Crippen LogP contribution in [0.15, 0.2) is 54.0 Å². The van der Waals surface area contributed by atoms with E-state index in [0.717, 1.165) is 41.4 Å². The number of halogens is 3. The number of alkyl halides is 3. The first-order valence-electron chi connectivity index (χ1n) is 10.4. The Kier molecular flexibility index (Phi) is 5.07. The molecule has 0 bridgehead atoms. The third kappa shape index (κ3) is 3.92. The fourth-order valence-electron chi connectivity index (χ4n) is 4.03. The van der Waals surface area contributed by atoms with Crippen LogP contribution >= 0.6 is 0 Å². The number of aryl methyl sites for hydroxylation is 1. The number of anilines is 1. The third-order valence-electron chi connectivity index (χ3n) is 5.60. The van der Waals surface area contributed by atoms with Gasteiger partial charge in [0.05, 0.1) is 17.2 Å². The van der Waals surface area contributed by atoms with Crippen molar-refractivity contribution >= 4 is 5.82 Å². The van der Waals surface area contributed by atoms with E-state index in [4.69, 9.17) is 4.99 Å². The summed E-state index contributed by atoms with van der Waals surface area (Å²) in [7, 11) is 0. The van der Waals surface area contributed by atoms with E-state index < -0.39 is 17.8 Å². The average Bonchev–Trinajstić information content (AvgIpc) is 3.29. The van der Waals surface area contributed by atoms with Gasteiger partial charge in [-0.1, -0.05) is 12.1 Å². The van der Waals surface area contributed by atoms with Crippen LogP contribution in [0.4, 0.5) is 19.0 Å². The average molecular weight is 451 g/mol. The highest BCUT2D eigenvalue weighted by atomic mass is 19.4. The molecule has 1 aromatic heterocycles. The number of benzene rings is 1. The third-order valence-corrected chi connectivity index (χ3v) is 5.60. The zero-order valence-electron chi connectivity index (χ0n) is 17.9. The number of nitrogens with zero attached hydrogens (tertiary/aromatic N) is 6. The molecule has 0 unspecified atom stereocenters. The lowest BCUT2D eigenvalue weighted by molar-refractivity contribution is -0.137. The summed E-state index contributed by atoms with van der Waals surface area (Å²) in [6, 6.07) is 6.63. The summed E-state index contributed by atoms with van der Waals surface area (Å²) in [5.74, 6) is 2.17. The highest BCUT2D eigenvalue weighted by Gasteiger charge is 2.31. The Labute approximate surface area is 187 Å². The lowest BCUT2D eigenvalue weighted by Gasteiger charge is -2.18. The van der Waals surface area contributed by atoms with Gasteiger partial charge in [0, 0.05) is 36.6 Å². The van der Waals surface area contributed by atoms with Crippen molar-refractivity contribution in [3.05, 3.63) is 71.5 Å². The van der Waals surface area contributed by atoms with Gasteiger partial charge in [0.1, 0.15) is 23.8 Å². The maximum absolute atomic E-state index is 13.2. The van der Waals surface area contributed by atoms with Gasteiger partial charge in [-0.15, -0.1) is 0 Å². The molecule has 3 aliphatic heterocycles. The summed E-state index contributed by atoms with van der Waals surface area (Å²) in [5.41, 5.74) is 2.62. The second-order valence-electron chi connectivity index (χ2n) is 7.87. The summed E-state index contributed by atoms with van der Waals surface area (Å²) < 4.78 is 41.6. The molecule has 2 aromatic rings. The minimum Gasteiger partial charge on any atom is -0.369 e. The van der Waals surface area contributed by atoms with Crippen molar-refractivity contribution in [2.24, 2.45) is 4.99 Å².